The molecule has 1 N–H and O–H groups in total. The molecule has 6 heteroatoms. The number of hydrogen-bond acceptors (Lipinski definition) is 3. The quantitative estimate of drug-likeness (QED) is 0.728. The molecule has 25 heavy (non-hydrogen) atoms. The molecule has 1 aliphatic rings. The van der Waals surface area contributed by atoms with Crippen LogP contribution in [-0.2, 0) is 0 Å². The number of piperazine rings is 1. The molecule has 0 amide bonds. The summed E-state index contributed by atoms with van der Waals surface area (Å²) in [5.74, 6) is 0.900. The van der Waals surface area contributed by atoms with Crippen molar-refractivity contribution in [2.45, 2.75) is 0 Å². The minimum Gasteiger partial charge on any atom is -0.334 e. The lowest BCUT2D eigenvalue weighted by atomic mass is 10.2. The smallest absolute Gasteiger partial charge is 0.145 e. The third kappa shape index (κ3) is 3.38. The predicted octanol–water partition coefficient (Wildman–Crippen LogP) is 1.82. The van der Waals surface area contributed by atoms with E-state index in [4.69, 9.17) is 16.6 Å². The lowest BCUT2D eigenvalue weighted by molar-refractivity contribution is -0.884. The van der Waals surface area contributed by atoms with E-state index in [9.17, 15) is 0 Å². The minimum absolute atomic E-state index is 0.726. The molecule has 1 aliphatic heterocycles. The van der Waals surface area contributed by atoms with Gasteiger partial charge in [0.15, 0.2) is 0 Å². The Morgan fingerprint density at radius 1 is 1.12 bits per heavy atom. The Hall–Kier alpha value is -2.37. The highest BCUT2D eigenvalue weighted by atomic mass is 35.5. The van der Waals surface area contributed by atoms with Crippen LogP contribution in [0.5, 0.6) is 0 Å². The van der Waals surface area contributed by atoms with Gasteiger partial charge in [-0.1, -0.05) is 17.7 Å². The Morgan fingerprint density at radius 2 is 1.88 bits per heavy atom. The van der Waals surface area contributed by atoms with Crippen molar-refractivity contribution in [3.8, 4) is 11.4 Å². The number of rotatable bonds is 3. The molecule has 0 unspecified atom stereocenters. The summed E-state index contributed by atoms with van der Waals surface area (Å²) in [5, 5.41) is 7.51. The van der Waals surface area contributed by atoms with Gasteiger partial charge in [-0.2, -0.15) is 5.10 Å². The molecule has 0 atom stereocenters. The topological polar surface area (TPSA) is 37.3 Å². The summed E-state index contributed by atoms with van der Waals surface area (Å²) >= 11 is 6.01. The van der Waals surface area contributed by atoms with E-state index in [0.29, 0.717) is 0 Å². The maximum absolute atomic E-state index is 6.01. The molecule has 1 aromatic carbocycles. The van der Waals surface area contributed by atoms with Crippen LogP contribution >= 0.6 is 11.6 Å². The molecule has 128 valence electrons. The summed E-state index contributed by atoms with van der Waals surface area (Å²) in [6.07, 6.45) is 3.91. The highest BCUT2D eigenvalue weighted by Gasteiger charge is 2.15. The van der Waals surface area contributed by atoms with E-state index in [1.807, 2.05) is 48.8 Å². The van der Waals surface area contributed by atoms with Crippen molar-refractivity contribution in [2.24, 2.45) is 5.10 Å². The van der Waals surface area contributed by atoms with Crippen molar-refractivity contribution >= 4 is 23.3 Å². The van der Waals surface area contributed by atoms with E-state index in [0.717, 1.165) is 53.8 Å². The molecule has 5 nitrogen and oxygen atoms in total. The maximum atomic E-state index is 6.01. The fourth-order valence-corrected chi connectivity index (χ4v) is 3.21. The van der Waals surface area contributed by atoms with Gasteiger partial charge in [0.05, 0.1) is 45.0 Å². The van der Waals surface area contributed by atoms with Crippen molar-refractivity contribution in [2.75, 3.05) is 33.2 Å². The Morgan fingerprint density at radius 3 is 2.64 bits per heavy atom. The second-order valence-electron chi connectivity index (χ2n) is 6.44. The van der Waals surface area contributed by atoms with Gasteiger partial charge in [0, 0.05) is 16.8 Å². The Bertz CT molecular complexity index is 892. The largest absolute Gasteiger partial charge is 0.334 e. The molecule has 4 rings (SSSR count). The molecule has 0 aliphatic carbocycles. The molecule has 0 saturated carbocycles. The molecule has 3 heterocycles. The first kappa shape index (κ1) is 16.1. The fourth-order valence-electron chi connectivity index (χ4n) is 3.09. The first-order valence-corrected chi connectivity index (χ1v) is 8.92. The zero-order valence-corrected chi connectivity index (χ0v) is 14.9. The van der Waals surface area contributed by atoms with Gasteiger partial charge in [0.2, 0.25) is 0 Å². The van der Waals surface area contributed by atoms with Gasteiger partial charge in [-0.05, 0) is 36.4 Å². The third-order valence-corrected chi connectivity index (χ3v) is 4.87. The number of halogens is 1. The number of imidazole rings is 1. The van der Waals surface area contributed by atoms with Crippen LogP contribution in [0.2, 0.25) is 5.02 Å². The summed E-state index contributed by atoms with van der Waals surface area (Å²) in [5.41, 5.74) is 2.97. The molecule has 1 fully saturated rings. The lowest BCUT2D eigenvalue weighted by Crippen LogP contribution is -3.11. The molecular weight excluding hydrogens is 334 g/mol. The van der Waals surface area contributed by atoms with E-state index in [2.05, 4.69) is 27.6 Å². The maximum Gasteiger partial charge on any atom is 0.145 e. The SMILES string of the molecule is C[NH+]1CCN(N=Cc2nc(-c3ccc(Cl)cc3)n3ccccc23)CC1. The van der Waals surface area contributed by atoms with Crippen LogP contribution in [0, 0.1) is 0 Å². The van der Waals surface area contributed by atoms with Gasteiger partial charge in [0.1, 0.15) is 11.5 Å². The van der Waals surface area contributed by atoms with Crippen molar-refractivity contribution in [3.63, 3.8) is 0 Å². The number of likely N-dealkylation sites (N-methyl/N-ethyl adjacent to an activating group) is 1. The molecule has 0 bridgehead atoms. The first-order chi connectivity index (χ1) is 12.2. The zero-order chi connectivity index (χ0) is 17.2. The van der Waals surface area contributed by atoms with Crippen molar-refractivity contribution < 1.29 is 4.90 Å². The highest BCUT2D eigenvalue weighted by molar-refractivity contribution is 6.30. The summed E-state index contributed by atoms with van der Waals surface area (Å²) in [4.78, 5) is 6.39. The standard InChI is InChI=1S/C19H20ClN5/c1-23-10-12-24(13-11-23)21-14-17-18-4-2-3-9-25(18)19(22-17)15-5-7-16(20)8-6-15/h2-9,14H,10-13H2,1H3/p+1. The number of hydrazone groups is 1. The van der Waals surface area contributed by atoms with Crippen LogP contribution in [0.25, 0.3) is 16.9 Å². The van der Waals surface area contributed by atoms with E-state index in [-0.39, 0.29) is 0 Å². The third-order valence-electron chi connectivity index (χ3n) is 4.62. The molecule has 3 aromatic rings. The highest BCUT2D eigenvalue weighted by Crippen LogP contribution is 2.23. The van der Waals surface area contributed by atoms with Gasteiger partial charge < -0.3 is 4.90 Å². The molecular formula is C19H21ClN5+. The minimum atomic E-state index is 0.726. The predicted molar refractivity (Wildman–Crippen MR) is 101 cm³/mol. The average Bonchev–Trinajstić information content (AvgIpc) is 3.01. The van der Waals surface area contributed by atoms with Crippen LogP contribution in [0.1, 0.15) is 5.69 Å². The second kappa shape index (κ2) is 6.86. The number of quaternary nitrogens is 1. The van der Waals surface area contributed by atoms with Crippen LogP contribution in [0.4, 0.5) is 0 Å². The van der Waals surface area contributed by atoms with Crippen LogP contribution in [0.15, 0.2) is 53.8 Å². The fraction of sp³-hybridized carbons (Fsp3) is 0.263. The van der Waals surface area contributed by atoms with Crippen molar-refractivity contribution in [3.05, 3.63) is 59.4 Å². The Labute approximate surface area is 152 Å². The second-order valence-corrected chi connectivity index (χ2v) is 6.88. The van der Waals surface area contributed by atoms with Crippen molar-refractivity contribution in [1.82, 2.24) is 14.4 Å². The monoisotopic (exact) mass is 354 g/mol. The van der Waals surface area contributed by atoms with Crippen molar-refractivity contribution in [1.29, 1.82) is 0 Å². The number of nitrogens with zero attached hydrogens (tertiary/aromatic N) is 4. The van der Waals surface area contributed by atoms with E-state index in [1.165, 1.54) is 0 Å². The van der Waals surface area contributed by atoms with E-state index < -0.39 is 0 Å². The Balaban J connectivity index is 1.69. The van der Waals surface area contributed by atoms with Gasteiger partial charge in [-0.15, -0.1) is 0 Å². The summed E-state index contributed by atoms with van der Waals surface area (Å²) in [6.45, 7) is 4.21. The van der Waals surface area contributed by atoms with Crippen LogP contribution < -0.4 is 4.90 Å². The van der Waals surface area contributed by atoms with Crippen LogP contribution in [0.3, 0.4) is 0 Å². The molecule has 1 saturated heterocycles. The van der Waals surface area contributed by atoms with Crippen LogP contribution in [-0.4, -0.2) is 53.8 Å². The summed E-state index contributed by atoms with van der Waals surface area (Å²) in [6, 6.07) is 13.9. The lowest BCUT2D eigenvalue weighted by Gasteiger charge is -2.27. The van der Waals surface area contributed by atoms with Gasteiger partial charge in [-0.25, -0.2) is 4.98 Å². The number of fused-ring (bicyclic) bond motifs is 1. The number of pyridine rings is 1. The summed E-state index contributed by atoms with van der Waals surface area (Å²) < 4.78 is 2.10. The van der Waals surface area contributed by atoms with Gasteiger partial charge in [0.25, 0.3) is 0 Å². The average molecular weight is 355 g/mol. The first-order valence-electron chi connectivity index (χ1n) is 8.54. The molecule has 0 spiro atoms. The molecule has 0 radical (unpaired) electrons. The number of nitrogens with one attached hydrogen (secondary N) is 1. The van der Waals surface area contributed by atoms with E-state index in [1.54, 1.807) is 4.90 Å². The number of hydrogen-bond donors (Lipinski definition) is 1. The number of aromatic nitrogens is 2. The number of benzene rings is 1. The zero-order valence-electron chi connectivity index (χ0n) is 14.2. The Kier molecular flexibility index (Phi) is 4.42. The molecule has 2 aromatic heterocycles. The normalized spacial score (nSPS) is 16.2. The summed E-state index contributed by atoms with van der Waals surface area (Å²) in [7, 11) is 2.22. The van der Waals surface area contributed by atoms with E-state index >= 15 is 0 Å². The van der Waals surface area contributed by atoms with Gasteiger partial charge >= 0.3 is 0 Å². The van der Waals surface area contributed by atoms with Gasteiger partial charge in [-0.3, -0.25) is 9.41 Å².